The van der Waals surface area contributed by atoms with Gasteiger partial charge in [0.15, 0.2) is 0 Å². The number of nitrogens with two attached hydrogens (primary N) is 1. The van der Waals surface area contributed by atoms with Crippen LogP contribution in [0.2, 0.25) is 0 Å². The highest BCUT2D eigenvalue weighted by Crippen LogP contribution is 2.60. The number of carbonyl (C=O) groups is 2. The fraction of sp³-hybridized carbons (Fsp3) is 0.618. The van der Waals surface area contributed by atoms with Gasteiger partial charge in [0.1, 0.15) is 5.82 Å². The van der Waals surface area contributed by atoms with Gasteiger partial charge in [-0.15, -0.1) is 0 Å². The lowest BCUT2D eigenvalue weighted by Gasteiger charge is -2.59. The first kappa shape index (κ1) is 28.1. The van der Waals surface area contributed by atoms with Crippen molar-refractivity contribution < 1.29 is 14.7 Å². The predicted molar refractivity (Wildman–Crippen MR) is 170 cm³/mol. The Morgan fingerprint density at radius 2 is 1.66 bits per heavy atom. The number of rotatable bonds is 5. The SMILES string of the molecule is NC(=O)C12CC3CC(C1)C(NC(=O)N1CCN(c4ccc(N5CCC(N6CC[C@@H](O)C6)CC5)cn4)c4ccccc41)C(C3)C2. The highest BCUT2D eigenvalue weighted by Gasteiger charge is 2.58. The summed E-state index contributed by atoms with van der Waals surface area (Å²) >= 11 is 0. The molecular formula is C34H45N7O3. The summed E-state index contributed by atoms with van der Waals surface area (Å²) in [5.74, 6) is 1.97. The molecule has 3 aliphatic heterocycles. The van der Waals surface area contributed by atoms with E-state index in [-0.39, 0.29) is 29.5 Å². The van der Waals surface area contributed by atoms with Crippen molar-refractivity contribution in [2.24, 2.45) is 28.9 Å². The molecule has 4 heterocycles. The fourth-order valence-electron chi connectivity index (χ4n) is 9.91. The van der Waals surface area contributed by atoms with Gasteiger partial charge in [0, 0.05) is 56.8 Å². The van der Waals surface area contributed by atoms with Gasteiger partial charge >= 0.3 is 6.03 Å². The largest absolute Gasteiger partial charge is 0.392 e. The number of pyridine rings is 1. The molecule has 10 nitrogen and oxygen atoms in total. The van der Waals surface area contributed by atoms with Gasteiger partial charge in [-0.2, -0.15) is 0 Å². The summed E-state index contributed by atoms with van der Waals surface area (Å²) in [6.07, 6.45) is 9.68. The molecule has 4 bridgehead atoms. The van der Waals surface area contributed by atoms with E-state index in [4.69, 9.17) is 10.7 Å². The molecule has 234 valence electrons. The Balaban J connectivity index is 0.934. The number of β-amino-alcohol motifs (C(OH)–C–C–N with tert-alkyl or cyclic N) is 1. The molecule has 4 saturated carbocycles. The molecule has 3 amide bonds. The number of aromatic nitrogens is 1. The number of urea groups is 1. The van der Waals surface area contributed by atoms with Crippen LogP contribution in [0.4, 0.5) is 27.7 Å². The van der Waals surface area contributed by atoms with Gasteiger partial charge in [0.2, 0.25) is 5.91 Å². The van der Waals surface area contributed by atoms with Crippen molar-refractivity contribution in [1.29, 1.82) is 0 Å². The van der Waals surface area contributed by atoms with Crippen molar-refractivity contribution in [3.8, 4) is 0 Å². The van der Waals surface area contributed by atoms with Crippen LogP contribution in [0, 0.1) is 23.2 Å². The molecule has 6 fully saturated rings. The Hall–Kier alpha value is -3.37. The number of fused-ring (bicyclic) bond motifs is 1. The van der Waals surface area contributed by atoms with Crippen LogP contribution in [0.5, 0.6) is 0 Å². The zero-order valence-electron chi connectivity index (χ0n) is 25.5. The van der Waals surface area contributed by atoms with Crippen molar-refractivity contribution in [3.63, 3.8) is 0 Å². The minimum absolute atomic E-state index is 0.0437. The molecule has 0 spiro atoms. The molecule has 10 heteroatoms. The molecule has 1 aromatic heterocycles. The first-order chi connectivity index (χ1) is 21.4. The van der Waals surface area contributed by atoms with Crippen LogP contribution in [-0.4, -0.2) is 84.4 Å². The molecule has 2 saturated heterocycles. The number of hydrogen-bond acceptors (Lipinski definition) is 7. The summed E-state index contributed by atoms with van der Waals surface area (Å²) in [7, 11) is 0. The maximum absolute atomic E-state index is 13.8. The second-order valence-electron chi connectivity index (χ2n) is 14.4. The fourth-order valence-corrected chi connectivity index (χ4v) is 9.91. The third kappa shape index (κ3) is 4.81. The predicted octanol–water partition coefficient (Wildman–Crippen LogP) is 3.46. The summed E-state index contributed by atoms with van der Waals surface area (Å²) in [5.41, 5.74) is 8.57. The number of carbonyl (C=O) groups excluding carboxylic acids is 2. The molecule has 9 rings (SSSR count). The average Bonchev–Trinajstić information content (AvgIpc) is 3.48. The summed E-state index contributed by atoms with van der Waals surface area (Å²) < 4.78 is 0. The molecule has 4 N–H and O–H groups in total. The van der Waals surface area contributed by atoms with Crippen LogP contribution < -0.4 is 25.8 Å². The number of likely N-dealkylation sites (tertiary alicyclic amines) is 1. The Morgan fingerprint density at radius 1 is 0.909 bits per heavy atom. The quantitative estimate of drug-likeness (QED) is 0.482. The van der Waals surface area contributed by atoms with Crippen molar-refractivity contribution in [2.75, 3.05) is 54.0 Å². The summed E-state index contributed by atoms with van der Waals surface area (Å²) in [5, 5.41) is 13.4. The van der Waals surface area contributed by atoms with E-state index in [0.29, 0.717) is 36.9 Å². The minimum Gasteiger partial charge on any atom is -0.392 e. The van der Waals surface area contributed by atoms with E-state index in [1.165, 1.54) is 0 Å². The number of primary amides is 1. The second kappa shape index (κ2) is 10.9. The summed E-state index contributed by atoms with van der Waals surface area (Å²) in [6, 6.07) is 13.0. The Kier molecular flexibility index (Phi) is 6.97. The number of aliphatic hydroxyl groups excluding tert-OH is 1. The molecule has 1 aromatic carbocycles. The van der Waals surface area contributed by atoms with Crippen LogP contribution in [-0.2, 0) is 4.79 Å². The summed E-state index contributed by atoms with van der Waals surface area (Å²) in [6.45, 7) is 5.06. The molecule has 2 aromatic rings. The topological polar surface area (TPSA) is 118 Å². The van der Waals surface area contributed by atoms with Gasteiger partial charge in [-0.3, -0.25) is 14.6 Å². The number of aliphatic hydroxyl groups is 1. The summed E-state index contributed by atoms with van der Waals surface area (Å²) in [4.78, 5) is 40.1. The highest BCUT2D eigenvalue weighted by molar-refractivity contribution is 5.98. The van der Waals surface area contributed by atoms with E-state index in [0.717, 1.165) is 100 Å². The minimum atomic E-state index is -0.354. The first-order valence-corrected chi connectivity index (χ1v) is 16.7. The van der Waals surface area contributed by atoms with Gasteiger partial charge in [0.05, 0.1) is 29.4 Å². The van der Waals surface area contributed by atoms with Gasteiger partial charge in [-0.25, -0.2) is 9.78 Å². The molecule has 2 unspecified atom stereocenters. The van der Waals surface area contributed by atoms with Crippen molar-refractivity contribution in [1.82, 2.24) is 15.2 Å². The Morgan fingerprint density at radius 3 is 2.32 bits per heavy atom. The number of benzene rings is 1. The lowest BCUT2D eigenvalue weighted by atomic mass is 9.47. The van der Waals surface area contributed by atoms with Crippen molar-refractivity contribution in [3.05, 3.63) is 42.6 Å². The molecule has 44 heavy (non-hydrogen) atoms. The van der Waals surface area contributed by atoms with Crippen LogP contribution in [0.15, 0.2) is 42.6 Å². The Bertz CT molecular complexity index is 1390. The number of anilines is 4. The van der Waals surface area contributed by atoms with Crippen LogP contribution in [0.3, 0.4) is 0 Å². The van der Waals surface area contributed by atoms with Crippen LogP contribution in [0.1, 0.15) is 51.4 Å². The number of nitrogens with one attached hydrogen (secondary N) is 1. The molecular weight excluding hydrogens is 554 g/mol. The number of amides is 3. The Labute approximate surface area is 259 Å². The number of para-hydroxylation sites is 2. The van der Waals surface area contributed by atoms with E-state index in [1.807, 2.05) is 29.3 Å². The van der Waals surface area contributed by atoms with Crippen molar-refractivity contribution in [2.45, 2.75) is 69.6 Å². The zero-order chi connectivity index (χ0) is 30.0. The molecule has 3 atom stereocenters. The van der Waals surface area contributed by atoms with Crippen molar-refractivity contribution >= 4 is 34.8 Å². The van der Waals surface area contributed by atoms with E-state index in [9.17, 15) is 14.7 Å². The molecule has 4 aliphatic carbocycles. The standard InChI is InChI=1S/C34H45N7O3/c35-32(43)34-17-22-15-23(18-34)31(24(16-22)19-34)37-33(44)41-14-13-40(28-3-1-2-4-29(28)41)30-6-5-26(20-36-30)38-10-7-25(8-11-38)39-12-9-27(42)21-39/h1-6,20,22-25,27,31,42H,7-19,21H2,(H2,35,43)(H,37,44)/t22?,23?,24?,27-,31?,34?/m1/s1. The lowest BCUT2D eigenvalue weighted by Crippen LogP contribution is -2.63. The molecule has 7 aliphatic rings. The average molecular weight is 600 g/mol. The van der Waals surface area contributed by atoms with Gasteiger partial charge < -0.3 is 26.0 Å². The maximum atomic E-state index is 13.8. The maximum Gasteiger partial charge on any atom is 0.322 e. The third-order valence-electron chi connectivity index (χ3n) is 11.9. The van der Waals surface area contributed by atoms with Crippen LogP contribution >= 0.6 is 0 Å². The van der Waals surface area contributed by atoms with Gasteiger partial charge in [0.25, 0.3) is 0 Å². The highest BCUT2D eigenvalue weighted by atomic mass is 16.3. The third-order valence-corrected chi connectivity index (χ3v) is 11.9. The first-order valence-electron chi connectivity index (χ1n) is 16.7. The number of piperidine rings is 1. The molecule has 0 radical (unpaired) electrons. The second-order valence-corrected chi connectivity index (χ2v) is 14.4. The van der Waals surface area contributed by atoms with E-state index in [1.54, 1.807) is 0 Å². The number of nitrogens with zero attached hydrogens (tertiary/aromatic N) is 5. The van der Waals surface area contributed by atoms with Gasteiger partial charge in [-0.05, 0) is 93.4 Å². The monoisotopic (exact) mass is 599 g/mol. The van der Waals surface area contributed by atoms with Crippen LogP contribution in [0.25, 0.3) is 0 Å². The number of hydrogen-bond donors (Lipinski definition) is 3. The van der Waals surface area contributed by atoms with Gasteiger partial charge in [-0.1, -0.05) is 12.1 Å². The zero-order valence-corrected chi connectivity index (χ0v) is 25.5. The van der Waals surface area contributed by atoms with E-state index >= 15 is 0 Å². The lowest BCUT2D eigenvalue weighted by molar-refractivity contribution is -0.145. The smallest absolute Gasteiger partial charge is 0.322 e. The normalized spacial score (nSPS) is 33.5. The van der Waals surface area contributed by atoms with E-state index in [2.05, 4.69) is 38.2 Å². The van der Waals surface area contributed by atoms with E-state index < -0.39 is 0 Å².